The zero-order chi connectivity index (χ0) is 14.4. The molecule has 0 bridgehead atoms. The molecule has 4 nitrogen and oxygen atoms in total. The van der Waals surface area contributed by atoms with E-state index in [4.69, 9.17) is 4.74 Å². The molecule has 110 valence electrons. The molecule has 1 aliphatic carbocycles. The zero-order valence-corrected chi connectivity index (χ0v) is 12.3. The standard InChI is InChI=1S/C16H24N2O2/c1-12(2)11-20-15-6-4-3-5-14(15)18-16(19)9-10-17-13-7-8-13/h3-6,12-13,17H,7-11H2,1-2H3,(H,18,19). The largest absolute Gasteiger partial charge is 0.491 e. The van der Waals surface area contributed by atoms with Crippen molar-refractivity contribution in [3.8, 4) is 5.75 Å². The predicted molar refractivity (Wildman–Crippen MR) is 81.0 cm³/mol. The minimum atomic E-state index is 0.0266. The average Bonchev–Trinajstić information content (AvgIpc) is 3.22. The number of ether oxygens (including phenoxy) is 1. The minimum Gasteiger partial charge on any atom is -0.491 e. The van der Waals surface area contributed by atoms with Crippen LogP contribution in [-0.2, 0) is 4.79 Å². The van der Waals surface area contributed by atoms with Crippen LogP contribution in [0.1, 0.15) is 33.1 Å². The summed E-state index contributed by atoms with van der Waals surface area (Å²) in [5.41, 5.74) is 0.754. The molecule has 0 atom stereocenters. The second-order valence-electron chi connectivity index (χ2n) is 5.73. The van der Waals surface area contributed by atoms with Crippen LogP contribution in [-0.4, -0.2) is 25.1 Å². The monoisotopic (exact) mass is 276 g/mol. The maximum Gasteiger partial charge on any atom is 0.225 e. The summed E-state index contributed by atoms with van der Waals surface area (Å²) in [5, 5.41) is 6.26. The van der Waals surface area contributed by atoms with E-state index in [0.717, 1.165) is 18.0 Å². The predicted octanol–water partition coefficient (Wildman–Crippen LogP) is 2.80. The van der Waals surface area contributed by atoms with Gasteiger partial charge >= 0.3 is 0 Å². The SMILES string of the molecule is CC(C)COc1ccccc1NC(=O)CCNC1CC1. The van der Waals surface area contributed by atoms with Crippen molar-refractivity contribution in [1.29, 1.82) is 0 Å². The zero-order valence-electron chi connectivity index (χ0n) is 12.3. The van der Waals surface area contributed by atoms with Crippen molar-refractivity contribution in [2.75, 3.05) is 18.5 Å². The lowest BCUT2D eigenvalue weighted by Gasteiger charge is -2.13. The van der Waals surface area contributed by atoms with Crippen molar-refractivity contribution in [2.24, 2.45) is 5.92 Å². The van der Waals surface area contributed by atoms with Gasteiger partial charge in [0.1, 0.15) is 5.75 Å². The molecule has 4 heteroatoms. The molecule has 0 aliphatic heterocycles. The summed E-state index contributed by atoms with van der Waals surface area (Å²) < 4.78 is 5.72. The van der Waals surface area contributed by atoms with Crippen molar-refractivity contribution in [3.63, 3.8) is 0 Å². The molecule has 1 aliphatic rings. The molecule has 0 aromatic heterocycles. The maximum atomic E-state index is 11.9. The number of rotatable bonds is 8. The van der Waals surface area contributed by atoms with Gasteiger partial charge in [0.15, 0.2) is 0 Å². The Bertz CT molecular complexity index is 442. The first kappa shape index (κ1) is 14.9. The number of carbonyl (C=O) groups is 1. The summed E-state index contributed by atoms with van der Waals surface area (Å²) in [6.07, 6.45) is 2.98. The quantitative estimate of drug-likeness (QED) is 0.767. The van der Waals surface area contributed by atoms with Crippen LogP contribution in [0.3, 0.4) is 0 Å². The van der Waals surface area contributed by atoms with Gasteiger partial charge in [-0.25, -0.2) is 0 Å². The molecule has 0 radical (unpaired) electrons. The summed E-state index contributed by atoms with van der Waals surface area (Å²) >= 11 is 0. The van der Waals surface area contributed by atoms with Gasteiger partial charge in [0, 0.05) is 19.0 Å². The van der Waals surface area contributed by atoms with Gasteiger partial charge in [0.25, 0.3) is 0 Å². The lowest BCUT2D eigenvalue weighted by Crippen LogP contribution is -2.23. The maximum absolute atomic E-state index is 11.9. The summed E-state index contributed by atoms with van der Waals surface area (Å²) in [4.78, 5) is 11.9. The van der Waals surface area contributed by atoms with Crippen molar-refractivity contribution in [3.05, 3.63) is 24.3 Å². The molecule has 1 saturated carbocycles. The smallest absolute Gasteiger partial charge is 0.225 e. The molecule has 1 aromatic carbocycles. The van der Waals surface area contributed by atoms with Gasteiger partial charge in [0.05, 0.1) is 12.3 Å². The molecule has 20 heavy (non-hydrogen) atoms. The van der Waals surface area contributed by atoms with Crippen LogP contribution in [0, 0.1) is 5.92 Å². The number of hydrogen-bond acceptors (Lipinski definition) is 3. The number of amides is 1. The fourth-order valence-electron chi connectivity index (χ4n) is 1.84. The van der Waals surface area contributed by atoms with Crippen molar-refractivity contribution in [2.45, 2.75) is 39.2 Å². The molecular formula is C16H24N2O2. The Labute approximate surface area is 120 Å². The van der Waals surface area contributed by atoms with Crippen LogP contribution < -0.4 is 15.4 Å². The molecule has 0 heterocycles. The van der Waals surface area contributed by atoms with Gasteiger partial charge in [-0.15, -0.1) is 0 Å². The molecule has 2 N–H and O–H groups in total. The van der Waals surface area contributed by atoms with E-state index in [1.807, 2.05) is 24.3 Å². The number of anilines is 1. The highest BCUT2D eigenvalue weighted by molar-refractivity contribution is 5.92. The summed E-state index contributed by atoms with van der Waals surface area (Å²) in [6.45, 7) is 5.59. The van der Waals surface area contributed by atoms with Crippen molar-refractivity contribution < 1.29 is 9.53 Å². The molecular weight excluding hydrogens is 252 g/mol. The van der Waals surface area contributed by atoms with Gasteiger partial charge in [-0.05, 0) is 30.9 Å². The van der Waals surface area contributed by atoms with E-state index in [-0.39, 0.29) is 5.91 Å². The van der Waals surface area contributed by atoms with Crippen LogP contribution >= 0.6 is 0 Å². The lowest BCUT2D eigenvalue weighted by atomic mass is 10.2. The highest BCUT2D eigenvalue weighted by Gasteiger charge is 2.20. The van der Waals surface area contributed by atoms with Gasteiger partial charge in [0.2, 0.25) is 5.91 Å². The highest BCUT2D eigenvalue weighted by atomic mass is 16.5. The van der Waals surface area contributed by atoms with Crippen LogP contribution in [0.5, 0.6) is 5.75 Å². The first-order valence-corrected chi connectivity index (χ1v) is 7.40. The topological polar surface area (TPSA) is 50.4 Å². The Morgan fingerprint density at radius 1 is 1.35 bits per heavy atom. The third-order valence-corrected chi connectivity index (χ3v) is 3.10. The summed E-state index contributed by atoms with van der Waals surface area (Å²) in [6, 6.07) is 8.23. The van der Waals surface area contributed by atoms with E-state index >= 15 is 0 Å². The first-order valence-electron chi connectivity index (χ1n) is 7.40. The summed E-state index contributed by atoms with van der Waals surface area (Å²) in [5.74, 6) is 1.23. The fraction of sp³-hybridized carbons (Fsp3) is 0.562. The van der Waals surface area contributed by atoms with Crippen molar-refractivity contribution in [1.82, 2.24) is 5.32 Å². The summed E-state index contributed by atoms with van der Waals surface area (Å²) in [7, 11) is 0. The molecule has 1 aromatic rings. The number of carbonyl (C=O) groups excluding carboxylic acids is 1. The molecule has 0 unspecified atom stereocenters. The van der Waals surface area contributed by atoms with Crippen LogP contribution in [0.4, 0.5) is 5.69 Å². The normalized spacial score (nSPS) is 14.3. The van der Waals surface area contributed by atoms with E-state index in [0.29, 0.717) is 25.0 Å². The van der Waals surface area contributed by atoms with E-state index < -0.39 is 0 Å². The third-order valence-electron chi connectivity index (χ3n) is 3.10. The first-order chi connectivity index (χ1) is 9.65. The Balaban J connectivity index is 1.81. The van der Waals surface area contributed by atoms with Crippen LogP contribution in [0.25, 0.3) is 0 Å². The van der Waals surface area contributed by atoms with Crippen LogP contribution in [0.15, 0.2) is 24.3 Å². The second-order valence-corrected chi connectivity index (χ2v) is 5.73. The van der Waals surface area contributed by atoms with Gasteiger partial charge in [-0.1, -0.05) is 26.0 Å². The highest BCUT2D eigenvalue weighted by Crippen LogP contribution is 2.24. The van der Waals surface area contributed by atoms with E-state index in [1.165, 1.54) is 12.8 Å². The molecule has 1 amide bonds. The Kier molecular flexibility index (Phi) is 5.41. The second kappa shape index (κ2) is 7.29. The molecule has 1 fully saturated rings. The third kappa shape index (κ3) is 5.21. The Morgan fingerprint density at radius 2 is 2.10 bits per heavy atom. The molecule has 0 spiro atoms. The average molecular weight is 276 g/mol. The fourth-order valence-corrected chi connectivity index (χ4v) is 1.84. The number of nitrogens with one attached hydrogen (secondary N) is 2. The van der Waals surface area contributed by atoms with Crippen LogP contribution in [0.2, 0.25) is 0 Å². The lowest BCUT2D eigenvalue weighted by molar-refractivity contribution is -0.116. The number of hydrogen-bond donors (Lipinski definition) is 2. The minimum absolute atomic E-state index is 0.0266. The molecule has 2 rings (SSSR count). The Morgan fingerprint density at radius 3 is 2.80 bits per heavy atom. The van der Waals surface area contributed by atoms with E-state index in [1.54, 1.807) is 0 Å². The Hall–Kier alpha value is -1.55. The van der Waals surface area contributed by atoms with E-state index in [2.05, 4.69) is 24.5 Å². The van der Waals surface area contributed by atoms with Gasteiger partial charge < -0.3 is 15.4 Å². The van der Waals surface area contributed by atoms with E-state index in [9.17, 15) is 4.79 Å². The number of para-hydroxylation sites is 2. The van der Waals surface area contributed by atoms with Gasteiger partial charge in [-0.3, -0.25) is 4.79 Å². The molecule has 0 saturated heterocycles. The van der Waals surface area contributed by atoms with Crippen molar-refractivity contribution >= 4 is 11.6 Å². The van der Waals surface area contributed by atoms with Gasteiger partial charge in [-0.2, -0.15) is 0 Å². The number of benzene rings is 1.